The molecule has 0 fully saturated rings. The van der Waals surface area contributed by atoms with Crippen LogP contribution in [0.5, 0.6) is 0 Å². The zero-order chi connectivity index (χ0) is 21.4. The molecule has 0 bridgehead atoms. The van der Waals surface area contributed by atoms with Gasteiger partial charge in [-0.3, -0.25) is 35.3 Å². The number of amides is 3. The van der Waals surface area contributed by atoms with Gasteiger partial charge in [-0.2, -0.15) is 0 Å². The fraction of sp³-hybridized carbons (Fsp3) is 0.211. The lowest BCUT2D eigenvalue weighted by molar-refractivity contribution is -0.384. The first kappa shape index (κ1) is 21.8. The highest BCUT2D eigenvalue weighted by molar-refractivity contribution is 6.32. The van der Waals surface area contributed by atoms with Crippen LogP contribution in [0.25, 0.3) is 0 Å². The van der Waals surface area contributed by atoms with Crippen molar-refractivity contribution in [3.8, 4) is 0 Å². The zero-order valence-corrected chi connectivity index (χ0v) is 16.3. The summed E-state index contributed by atoms with van der Waals surface area (Å²) >= 11 is 5.70. The molecule has 29 heavy (non-hydrogen) atoms. The van der Waals surface area contributed by atoms with Crippen molar-refractivity contribution >= 4 is 40.7 Å². The van der Waals surface area contributed by atoms with Crippen molar-refractivity contribution in [1.29, 1.82) is 0 Å². The van der Waals surface area contributed by atoms with Crippen molar-refractivity contribution in [2.75, 3.05) is 5.32 Å². The summed E-state index contributed by atoms with van der Waals surface area (Å²) in [4.78, 5) is 46.1. The smallest absolute Gasteiger partial charge is 0.288 e. The highest BCUT2D eigenvalue weighted by Gasteiger charge is 2.17. The standard InChI is InChI=1S/C19H19ClN4O5/c1-2-3-4-17(25)21-14-8-5-12(6-9-14)18(26)22-23-19(27)13-7-10-15(20)16(11-13)24(28)29/h5-11H,2-4H2,1H3,(H,21,25)(H,22,26)(H,23,27). The maximum Gasteiger partial charge on any atom is 0.288 e. The fourth-order valence-corrected chi connectivity index (χ4v) is 2.50. The van der Waals surface area contributed by atoms with Crippen LogP contribution in [-0.2, 0) is 4.79 Å². The second-order valence-corrected chi connectivity index (χ2v) is 6.47. The Morgan fingerprint density at radius 1 is 1.00 bits per heavy atom. The molecule has 0 aliphatic heterocycles. The van der Waals surface area contributed by atoms with E-state index in [-0.39, 0.29) is 22.1 Å². The molecule has 0 aliphatic rings. The number of hydrogen-bond donors (Lipinski definition) is 3. The molecule has 2 rings (SSSR count). The fourth-order valence-electron chi connectivity index (χ4n) is 2.32. The van der Waals surface area contributed by atoms with Gasteiger partial charge in [0.15, 0.2) is 0 Å². The lowest BCUT2D eigenvalue weighted by Crippen LogP contribution is -2.41. The minimum atomic E-state index is -0.738. The monoisotopic (exact) mass is 418 g/mol. The van der Waals surface area contributed by atoms with Gasteiger partial charge in [-0.1, -0.05) is 24.9 Å². The van der Waals surface area contributed by atoms with Crippen LogP contribution in [0.1, 0.15) is 46.9 Å². The predicted octanol–water partition coefficient (Wildman–Crippen LogP) is 3.45. The molecule has 9 nitrogen and oxygen atoms in total. The maximum absolute atomic E-state index is 12.1. The van der Waals surface area contributed by atoms with E-state index < -0.39 is 22.4 Å². The Morgan fingerprint density at radius 2 is 1.59 bits per heavy atom. The Kier molecular flexibility index (Phi) is 7.67. The van der Waals surface area contributed by atoms with Gasteiger partial charge in [0.05, 0.1) is 4.92 Å². The molecule has 0 unspecified atom stereocenters. The quantitative estimate of drug-likeness (QED) is 0.468. The van der Waals surface area contributed by atoms with Gasteiger partial charge < -0.3 is 5.32 Å². The molecule has 0 atom stereocenters. The third kappa shape index (κ3) is 6.28. The number of carbonyl (C=O) groups is 3. The third-order valence-corrected chi connectivity index (χ3v) is 4.20. The lowest BCUT2D eigenvalue weighted by Gasteiger charge is -2.09. The van der Waals surface area contributed by atoms with E-state index in [2.05, 4.69) is 16.2 Å². The molecule has 2 aromatic carbocycles. The average molecular weight is 419 g/mol. The second kappa shape index (κ2) is 10.2. The van der Waals surface area contributed by atoms with Gasteiger partial charge in [-0.15, -0.1) is 0 Å². The Hall–Kier alpha value is -3.46. The molecule has 0 aromatic heterocycles. The van der Waals surface area contributed by atoms with Gasteiger partial charge in [0.2, 0.25) is 5.91 Å². The van der Waals surface area contributed by atoms with E-state index in [0.29, 0.717) is 12.1 Å². The number of anilines is 1. The number of nitrogens with one attached hydrogen (secondary N) is 3. The summed E-state index contributed by atoms with van der Waals surface area (Å²) in [6, 6.07) is 9.66. The van der Waals surface area contributed by atoms with E-state index in [4.69, 9.17) is 11.6 Å². The number of nitrogens with zero attached hydrogens (tertiary/aromatic N) is 1. The van der Waals surface area contributed by atoms with Gasteiger partial charge in [-0.05, 0) is 42.8 Å². The molecule has 0 saturated carbocycles. The summed E-state index contributed by atoms with van der Waals surface area (Å²) in [6.07, 6.45) is 2.14. The minimum absolute atomic E-state index is 0.0356. The molecule has 3 N–H and O–H groups in total. The molecule has 0 radical (unpaired) electrons. The lowest BCUT2D eigenvalue weighted by atomic mass is 10.2. The first-order valence-electron chi connectivity index (χ1n) is 8.76. The van der Waals surface area contributed by atoms with Crippen molar-refractivity contribution in [3.63, 3.8) is 0 Å². The van der Waals surface area contributed by atoms with Gasteiger partial charge >= 0.3 is 0 Å². The topological polar surface area (TPSA) is 130 Å². The summed E-state index contributed by atoms with van der Waals surface area (Å²) in [5, 5.41) is 13.5. The van der Waals surface area contributed by atoms with Crippen molar-refractivity contribution in [3.05, 3.63) is 68.7 Å². The van der Waals surface area contributed by atoms with Crippen molar-refractivity contribution in [2.24, 2.45) is 0 Å². The van der Waals surface area contributed by atoms with E-state index >= 15 is 0 Å². The van der Waals surface area contributed by atoms with E-state index in [1.54, 1.807) is 12.1 Å². The normalized spacial score (nSPS) is 10.1. The molecule has 2 aromatic rings. The van der Waals surface area contributed by atoms with Crippen molar-refractivity contribution in [1.82, 2.24) is 10.9 Å². The SMILES string of the molecule is CCCCC(=O)Nc1ccc(C(=O)NNC(=O)c2ccc(Cl)c([N+](=O)[O-])c2)cc1. The van der Waals surface area contributed by atoms with Crippen LogP contribution in [0.3, 0.4) is 0 Å². The zero-order valence-electron chi connectivity index (χ0n) is 15.5. The number of hydrazine groups is 1. The summed E-state index contributed by atoms with van der Waals surface area (Å²) < 4.78 is 0. The average Bonchev–Trinajstić information content (AvgIpc) is 2.70. The Labute approximate surface area is 171 Å². The summed E-state index contributed by atoms with van der Waals surface area (Å²) in [7, 11) is 0. The maximum atomic E-state index is 12.1. The highest BCUT2D eigenvalue weighted by atomic mass is 35.5. The number of nitro groups is 1. The summed E-state index contributed by atoms with van der Waals surface area (Å²) in [5.41, 5.74) is 4.75. The molecule has 0 heterocycles. The molecule has 0 saturated heterocycles. The first-order valence-corrected chi connectivity index (χ1v) is 9.14. The molecular weight excluding hydrogens is 400 g/mol. The number of halogens is 1. The van der Waals surface area contributed by atoms with Gasteiger partial charge in [0, 0.05) is 29.3 Å². The molecule has 152 valence electrons. The summed E-state index contributed by atoms with van der Waals surface area (Å²) in [5.74, 6) is -1.43. The molecule has 0 aliphatic carbocycles. The van der Waals surface area contributed by atoms with Crippen LogP contribution >= 0.6 is 11.6 Å². The largest absolute Gasteiger partial charge is 0.326 e. The highest BCUT2D eigenvalue weighted by Crippen LogP contribution is 2.24. The van der Waals surface area contributed by atoms with Gasteiger partial charge in [0.1, 0.15) is 5.02 Å². The molecule has 10 heteroatoms. The number of benzene rings is 2. The van der Waals surface area contributed by atoms with Crippen LogP contribution < -0.4 is 16.2 Å². The summed E-state index contributed by atoms with van der Waals surface area (Å²) in [6.45, 7) is 1.99. The number of nitro benzene ring substituents is 1. The number of rotatable bonds is 7. The second-order valence-electron chi connectivity index (χ2n) is 6.06. The Bertz CT molecular complexity index is 931. The van der Waals surface area contributed by atoms with Gasteiger partial charge in [-0.25, -0.2) is 0 Å². The van der Waals surface area contributed by atoms with Crippen LogP contribution in [0.15, 0.2) is 42.5 Å². The Morgan fingerprint density at radius 3 is 2.17 bits per heavy atom. The van der Waals surface area contributed by atoms with Gasteiger partial charge in [0.25, 0.3) is 17.5 Å². The van der Waals surface area contributed by atoms with E-state index in [1.165, 1.54) is 24.3 Å². The van der Waals surface area contributed by atoms with E-state index in [9.17, 15) is 24.5 Å². The Balaban J connectivity index is 1.93. The third-order valence-electron chi connectivity index (χ3n) is 3.88. The van der Waals surface area contributed by atoms with Crippen molar-refractivity contribution in [2.45, 2.75) is 26.2 Å². The van der Waals surface area contributed by atoms with Crippen LogP contribution in [0, 0.1) is 10.1 Å². The first-order chi connectivity index (χ1) is 13.8. The van der Waals surface area contributed by atoms with Crippen LogP contribution in [-0.4, -0.2) is 22.6 Å². The van der Waals surface area contributed by atoms with Crippen molar-refractivity contribution < 1.29 is 19.3 Å². The number of carbonyl (C=O) groups excluding carboxylic acids is 3. The number of hydrogen-bond acceptors (Lipinski definition) is 5. The minimum Gasteiger partial charge on any atom is -0.326 e. The predicted molar refractivity (Wildman–Crippen MR) is 108 cm³/mol. The van der Waals surface area contributed by atoms with E-state index in [1.807, 2.05) is 6.92 Å². The number of unbranched alkanes of at least 4 members (excludes halogenated alkanes) is 1. The van der Waals surface area contributed by atoms with Crippen LogP contribution in [0.2, 0.25) is 5.02 Å². The molecule has 0 spiro atoms. The molecular formula is C19H19ClN4O5. The van der Waals surface area contributed by atoms with Crippen LogP contribution in [0.4, 0.5) is 11.4 Å². The van der Waals surface area contributed by atoms with E-state index in [0.717, 1.165) is 18.9 Å². The molecule has 3 amide bonds.